The third-order valence-corrected chi connectivity index (χ3v) is 4.66. The molecule has 7 heteroatoms. The second-order valence-electron chi connectivity index (χ2n) is 5.93. The zero-order chi connectivity index (χ0) is 16.5. The number of benzene rings is 1. The van der Waals surface area contributed by atoms with E-state index in [0.717, 1.165) is 0 Å². The molecule has 0 unspecified atom stereocenters. The van der Waals surface area contributed by atoms with Crippen molar-refractivity contribution < 1.29 is 13.2 Å². The summed E-state index contributed by atoms with van der Waals surface area (Å²) < 4.78 is 26.6. The topological polar surface area (TPSA) is 87.6 Å². The Morgan fingerprint density at radius 3 is 2.41 bits per heavy atom. The number of rotatable bonds is 4. The van der Waals surface area contributed by atoms with E-state index in [1.807, 2.05) is 27.7 Å². The van der Waals surface area contributed by atoms with Gasteiger partial charge in [0.25, 0.3) is 10.0 Å². The fraction of sp³-hybridized carbons (Fsp3) is 0.467. The van der Waals surface area contributed by atoms with Crippen LogP contribution >= 0.6 is 0 Å². The molecule has 0 saturated carbocycles. The van der Waals surface area contributed by atoms with Gasteiger partial charge in [0.2, 0.25) is 5.91 Å². The standard InChI is InChI=1S/C15H21N3O3S/c1-9(2)13(15(19)16-10(3)4)17-14-11-7-5-6-8-12(11)22(20,21)18-14/h5-10,13H,1-4H3,(H,16,19)(H,17,18)/t13-/m1/s1. The van der Waals surface area contributed by atoms with E-state index in [9.17, 15) is 13.2 Å². The van der Waals surface area contributed by atoms with Gasteiger partial charge in [0, 0.05) is 11.6 Å². The van der Waals surface area contributed by atoms with Gasteiger partial charge < -0.3 is 5.32 Å². The molecule has 2 rings (SSSR count). The molecule has 1 amide bonds. The van der Waals surface area contributed by atoms with Crippen molar-refractivity contribution in [3.05, 3.63) is 29.8 Å². The Balaban J connectivity index is 2.41. The van der Waals surface area contributed by atoms with Crippen LogP contribution < -0.4 is 10.0 Å². The number of hydrogen-bond acceptors (Lipinski definition) is 4. The molecule has 0 aliphatic carbocycles. The summed E-state index contributed by atoms with van der Waals surface area (Å²) in [7, 11) is -3.59. The Morgan fingerprint density at radius 1 is 1.18 bits per heavy atom. The van der Waals surface area contributed by atoms with Crippen LogP contribution in [0.25, 0.3) is 0 Å². The Labute approximate surface area is 131 Å². The summed E-state index contributed by atoms with van der Waals surface area (Å²) in [6.07, 6.45) is 0. The SMILES string of the molecule is CC(C)NC(=O)[C@H](N=C1NS(=O)(=O)c2ccccc21)C(C)C. The first-order chi connectivity index (χ1) is 10.2. The zero-order valence-corrected chi connectivity index (χ0v) is 13.9. The number of nitrogens with zero attached hydrogens (tertiary/aromatic N) is 1. The molecular weight excluding hydrogens is 302 g/mol. The highest BCUT2D eigenvalue weighted by molar-refractivity contribution is 7.90. The number of fused-ring (bicyclic) bond motifs is 1. The van der Waals surface area contributed by atoms with Crippen molar-refractivity contribution in [3.63, 3.8) is 0 Å². The summed E-state index contributed by atoms with van der Waals surface area (Å²) in [5.74, 6) is -0.0298. The molecule has 1 aromatic carbocycles. The van der Waals surface area contributed by atoms with E-state index in [0.29, 0.717) is 5.56 Å². The van der Waals surface area contributed by atoms with Crippen molar-refractivity contribution in [2.75, 3.05) is 0 Å². The van der Waals surface area contributed by atoms with Crippen molar-refractivity contribution in [1.82, 2.24) is 10.0 Å². The molecule has 0 bridgehead atoms. The average Bonchev–Trinajstić information content (AvgIpc) is 2.67. The summed E-state index contributed by atoms with van der Waals surface area (Å²) in [6.45, 7) is 7.50. The van der Waals surface area contributed by atoms with Crippen molar-refractivity contribution in [1.29, 1.82) is 0 Å². The molecule has 22 heavy (non-hydrogen) atoms. The molecule has 1 atom stereocenters. The lowest BCUT2D eigenvalue weighted by Gasteiger charge is -2.18. The van der Waals surface area contributed by atoms with Crippen LogP contribution in [-0.2, 0) is 14.8 Å². The lowest BCUT2D eigenvalue weighted by molar-refractivity contribution is -0.123. The molecule has 0 fully saturated rings. The van der Waals surface area contributed by atoms with Gasteiger partial charge in [-0.1, -0.05) is 26.0 Å². The molecule has 6 nitrogen and oxygen atoms in total. The third kappa shape index (κ3) is 3.30. The minimum absolute atomic E-state index is 0.00139. The van der Waals surface area contributed by atoms with Gasteiger partial charge in [-0.15, -0.1) is 0 Å². The highest BCUT2D eigenvalue weighted by Crippen LogP contribution is 2.23. The van der Waals surface area contributed by atoms with Gasteiger partial charge in [-0.05, 0) is 31.9 Å². The molecular formula is C15H21N3O3S. The minimum Gasteiger partial charge on any atom is -0.352 e. The number of amides is 1. The summed E-state index contributed by atoms with van der Waals surface area (Å²) in [6, 6.07) is 5.97. The van der Waals surface area contributed by atoms with Crippen LogP contribution in [0.4, 0.5) is 0 Å². The predicted octanol–water partition coefficient (Wildman–Crippen LogP) is 1.27. The van der Waals surface area contributed by atoms with Gasteiger partial charge in [-0.2, -0.15) is 0 Å². The number of nitrogens with one attached hydrogen (secondary N) is 2. The van der Waals surface area contributed by atoms with Crippen LogP contribution in [0.5, 0.6) is 0 Å². The van der Waals surface area contributed by atoms with Crippen molar-refractivity contribution in [2.24, 2.45) is 10.9 Å². The van der Waals surface area contributed by atoms with Gasteiger partial charge >= 0.3 is 0 Å². The van der Waals surface area contributed by atoms with Gasteiger partial charge in [-0.3, -0.25) is 14.5 Å². The monoisotopic (exact) mass is 323 g/mol. The van der Waals surface area contributed by atoms with E-state index in [1.54, 1.807) is 18.2 Å². The molecule has 120 valence electrons. The number of amidine groups is 1. The summed E-state index contributed by atoms with van der Waals surface area (Å²) in [4.78, 5) is 16.8. The zero-order valence-electron chi connectivity index (χ0n) is 13.1. The summed E-state index contributed by atoms with van der Waals surface area (Å²) in [5, 5.41) is 2.82. The molecule has 1 aromatic rings. The lowest BCUT2D eigenvalue weighted by atomic mass is 10.0. The number of carbonyl (C=O) groups excluding carboxylic acids is 1. The van der Waals surface area contributed by atoms with Crippen LogP contribution in [0.1, 0.15) is 33.3 Å². The van der Waals surface area contributed by atoms with E-state index in [4.69, 9.17) is 0 Å². The number of carbonyl (C=O) groups is 1. The lowest BCUT2D eigenvalue weighted by Crippen LogP contribution is -2.41. The maximum Gasteiger partial charge on any atom is 0.263 e. The van der Waals surface area contributed by atoms with Gasteiger partial charge in [0.05, 0.1) is 4.90 Å². The van der Waals surface area contributed by atoms with Crippen molar-refractivity contribution >= 4 is 21.8 Å². The fourth-order valence-electron chi connectivity index (χ4n) is 2.25. The maximum absolute atomic E-state index is 12.3. The summed E-state index contributed by atoms with van der Waals surface area (Å²) in [5.41, 5.74) is 0.505. The molecule has 2 N–H and O–H groups in total. The first-order valence-corrected chi connectivity index (χ1v) is 8.71. The quantitative estimate of drug-likeness (QED) is 0.875. The fourth-order valence-corrected chi connectivity index (χ4v) is 3.49. The molecule has 0 aromatic heterocycles. The largest absolute Gasteiger partial charge is 0.352 e. The third-order valence-electron chi connectivity index (χ3n) is 3.26. The second kappa shape index (κ2) is 6.08. The predicted molar refractivity (Wildman–Crippen MR) is 85.2 cm³/mol. The van der Waals surface area contributed by atoms with E-state index in [1.165, 1.54) is 6.07 Å². The first-order valence-electron chi connectivity index (χ1n) is 7.22. The number of aliphatic imine (C=N–C) groups is 1. The second-order valence-corrected chi connectivity index (χ2v) is 7.58. The van der Waals surface area contributed by atoms with Gasteiger partial charge in [0.15, 0.2) is 0 Å². The van der Waals surface area contributed by atoms with Crippen LogP contribution in [0, 0.1) is 5.92 Å². The van der Waals surface area contributed by atoms with Crippen LogP contribution in [0.3, 0.4) is 0 Å². The molecule has 0 radical (unpaired) electrons. The molecule has 0 saturated heterocycles. The van der Waals surface area contributed by atoms with Crippen LogP contribution in [0.15, 0.2) is 34.2 Å². The van der Waals surface area contributed by atoms with Gasteiger partial charge in [-0.25, -0.2) is 8.42 Å². The molecule has 1 aliphatic heterocycles. The van der Waals surface area contributed by atoms with Crippen LogP contribution in [0.2, 0.25) is 0 Å². The maximum atomic E-state index is 12.3. The molecule has 1 aliphatic rings. The normalized spacial score (nSPS) is 19.1. The number of hydrogen-bond donors (Lipinski definition) is 2. The van der Waals surface area contributed by atoms with Crippen molar-refractivity contribution in [3.8, 4) is 0 Å². The Hall–Kier alpha value is -1.89. The number of sulfonamides is 1. The van der Waals surface area contributed by atoms with E-state index in [-0.39, 0.29) is 28.6 Å². The van der Waals surface area contributed by atoms with E-state index in [2.05, 4.69) is 15.0 Å². The smallest absolute Gasteiger partial charge is 0.263 e. The Morgan fingerprint density at radius 2 is 1.82 bits per heavy atom. The highest BCUT2D eigenvalue weighted by atomic mass is 32.2. The van der Waals surface area contributed by atoms with Crippen LogP contribution in [-0.4, -0.2) is 32.2 Å². The van der Waals surface area contributed by atoms with Gasteiger partial charge in [0.1, 0.15) is 11.9 Å². The first kappa shape index (κ1) is 16.5. The Bertz CT molecular complexity index is 708. The summed E-state index contributed by atoms with van der Waals surface area (Å²) >= 11 is 0. The van der Waals surface area contributed by atoms with Crippen molar-refractivity contribution in [2.45, 2.75) is 44.7 Å². The van der Waals surface area contributed by atoms with E-state index < -0.39 is 16.1 Å². The average molecular weight is 323 g/mol. The molecule has 0 spiro atoms. The van der Waals surface area contributed by atoms with E-state index >= 15 is 0 Å². The highest BCUT2D eigenvalue weighted by Gasteiger charge is 2.32. The Kier molecular flexibility index (Phi) is 4.55. The molecule has 1 heterocycles. The minimum atomic E-state index is -3.59.